The predicted molar refractivity (Wildman–Crippen MR) is 109 cm³/mol. The maximum Gasteiger partial charge on any atom is 0.379 e. The third-order valence-electron chi connectivity index (χ3n) is 4.36. The lowest BCUT2D eigenvalue weighted by Gasteiger charge is -2.14. The molecule has 9 nitrogen and oxygen atoms in total. The van der Waals surface area contributed by atoms with Crippen LogP contribution in [0.4, 0.5) is 5.82 Å². The summed E-state index contributed by atoms with van der Waals surface area (Å²) in [6, 6.07) is 1.50. The summed E-state index contributed by atoms with van der Waals surface area (Å²) in [5.74, 6) is 0.0601. The lowest BCUT2D eigenvalue weighted by molar-refractivity contribution is 0.104. The maximum absolute atomic E-state index is 12.9. The fourth-order valence-corrected chi connectivity index (χ4v) is 4.62. The number of nitrogens with one attached hydrogen (secondary N) is 1. The number of aliphatic hydroxyl groups is 1. The van der Waals surface area contributed by atoms with Gasteiger partial charge in [-0.15, -0.1) is 11.3 Å². The molecule has 1 saturated carbocycles. The topological polar surface area (TPSA) is 144 Å². The summed E-state index contributed by atoms with van der Waals surface area (Å²) in [5, 5.41) is 17.8. The minimum absolute atomic E-state index is 0.0632. The molecule has 2 unspecified atom stereocenters. The van der Waals surface area contributed by atoms with Crippen LogP contribution in [0.25, 0.3) is 0 Å². The normalized spacial score (nSPS) is 19.3. The number of halogens is 1. The van der Waals surface area contributed by atoms with Gasteiger partial charge in [0.15, 0.2) is 0 Å². The van der Waals surface area contributed by atoms with Crippen molar-refractivity contribution in [2.45, 2.75) is 38.3 Å². The number of carbonyl (C=O) groups is 1. The van der Waals surface area contributed by atoms with Crippen LogP contribution in [-0.4, -0.2) is 35.3 Å². The third kappa shape index (κ3) is 5.52. The molecule has 1 aliphatic carbocycles. The molecule has 29 heavy (non-hydrogen) atoms. The van der Waals surface area contributed by atoms with Crippen molar-refractivity contribution >= 4 is 44.8 Å². The average molecular weight is 459 g/mol. The van der Waals surface area contributed by atoms with E-state index in [1.165, 1.54) is 12.5 Å². The van der Waals surface area contributed by atoms with Gasteiger partial charge in [0.2, 0.25) is 5.78 Å². The number of anilines is 1. The molecule has 2 aromatic heterocycles. The van der Waals surface area contributed by atoms with Crippen LogP contribution in [0.15, 0.2) is 30.4 Å². The van der Waals surface area contributed by atoms with E-state index in [0.717, 1.165) is 23.2 Å². The van der Waals surface area contributed by atoms with Gasteiger partial charge in [-0.2, -0.15) is 13.6 Å². The number of aromatic nitrogens is 2. The Morgan fingerprint density at radius 2 is 2.31 bits per heavy atom. The van der Waals surface area contributed by atoms with Crippen molar-refractivity contribution in [2.24, 2.45) is 5.14 Å². The van der Waals surface area contributed by atoms with Crippen molar-refractivity contribution < 1.29 is 22.5 Å². The molecule has 1 aliphatic rings. The molecular formula is C17H19ClN4O5S2. The first-order valence-electron chi connectivity index (χ1n) is 8.61. The van der Waals surface area contributed by atoms with E-state index < -0.39 is 16.4 Å². The first-order valence-corrected chi connectivity index (χ1v) is 11.3. The van der Waals surface area contributed by atoms with Crippen LogP contribution < -0.4 is 10.5 Å². The lowest BCUT2D eigenvalue weighted by Crippen LogP contribution is -2.19. The van der Waals surface area contributed by atoms with Gasteiger partial charge in [0.1, 0.15) is 18.4 Å². The second kappa shape index (κ2) is 8.76. The largest absolute Gasteiger partial charge is 0.389 e. The molecule has 156 valence electrons. The number of hydrogen-bond acceptors (Lipinski definition) is 9. The van der Waals surface area contributed by atoms with E-state index in [0.29, 0.717) is 39.9 Å². The van der Waals surface area contributed by atoms with Crippen molar-refractivity contribution in [1.29, 1.82) is 0 Å². The molecule has 2 aromatic rings. The van der Waals surface area contributed by atoms with Crippen molar-refractivity contribution in [3.8, 4) is 0 Å². The van der Waals surface area contributed by atoms with Crippen LogP contribution in [0.3, 0.4) is 0 Å². The second-order valence-corrected chi connectivity index (χ2v) is 9.41. The highest BCUT2D eigenvalue weighted by atomic mass is 35.5. The van der Waals surface area contributed by atoms with Crippen LogP contribution in [0.5, 0.6) is 0 Å². The molecule has 4 N–H and O–H groups in total. The van der Waals surface area contributed by atoms with E-state index in [-0.39, 0.29) is 17.4 Å². The van der Waals surface area contributed by atoms with Gasteiger partial charge in [-0.05, 0) is 37.8 Å². The Hall–Kier alpha value is -2.05. The second-order valence-electron chi connectivity index (χ2n) is 6.58. The Kier molecular flexibility index (Phi) is 6.54. The number of nitrogens with zero attached hydrogens (tertiary/aromatic N) is 2. The molecule has 3 rings (SSSR count). The minimum atomic E-state index is -4.03. The van der Waals surface area contributed by atoms with Gasteiger partial charge in [-0.3, -0.25) is 4.79 Å². The predicted octanol–water partition coefficient (Wildman–Crippen LogP) is 2.54. The van der Waals surface area contributed by atoms with Crippen LogP contribution in [0.1, 0.15) is 53.1 Å². The number of nitrogens with two attached hydrogens (primary N) is 1. The number of thiophene rings is 1. The lowest BCUT2D eigenvalue weighted by atomic mass is 10.1. The monoisotopic (exact) mass is 458 g/mol. The Balaban J connectivity index is 1.76. The molecule has 0 aliphatic heterocycles. The molecule has 0 saturated heterocycles. The smallest absolute Gasteiger partial charge is 0.379 e. The van der Waals surface area contributed by atoms with Gasteiger partial charge in [0, 0.05) is 17.8 Å². The van der Waals surface area contributed by atoms with Crippen LogP contribution in [0, 0.1) is 0 Å². The highest BCUT2D eigenvalue weighted by molar-refractivity contribution is 7.84. The van der Waals surface area contributed by atoms with Gasteiger partial charge in [-0.25, -0.2) is 9.97 Å². The Bertz CT molecular complexity index is 1050. The average Bonchev–Trinajstić information content (AvgIpc) is 3.26. The molecule has 0 bridgehead atoms. The number of rotatable bonds is 7. The summed E-state index contributed by atoms with van der Waals surface area (Å²) in [4.78, 5) is 21.4. The van der Waals surface area contributed by atoms with E-state index in [2.05, 4.69) is 19.5 Å². The Labute approximate surface area is 176 Å². The number of ketones is 1. The highest BCUT2D eigenvalue weighted by Gasteiger charge is 2.25. The van der Waals surface area contributed by atoms with Gasteiger partial charge in [0.25, 0.3) is 0 Å². The van der Waals surface area contributed by atoms with Crippen molar-refractivity contribution in [3.63, 3.8) is 0 Å². The van der Waals surface area contributed by atoms with Crippen molar-refractivity contribution in [1.82, 2.24) is 9.97 Å². The van der Waals surface area contributed by atoms with Crippen LogP contribution in [0.2, 0.25) is 4.34 Å². The maximum atomic E-state index is 12.9. The summed E-state index contributed by atoms with van der Waals surface area (Å²) < 4.78 is 26.7. The zero-order chi connectivity index (χ0) is 21.2. The van der Waals surface area contributed by atoms with Gasteiger partial charge < -0.3 is 14.6 Å². The highest BCUT2D eigenvalue weighted by Crippen LogP contribution is 2.34. The van der Waals surface area contributed by atoms with Gasteiger partial charge >= 0.3 is 10.3 Å². The van der Waals surface area contributed by atoms with E-state index >= 15 is 0 Å². The Morgan fingerprint density at radius 1 is 1.55 bits per heavy atom. The molecule has 0 radical (unpaired) electrons. The SMILES string of the molecule is CC(O)c1cc(C(=O)c2cncnc2NC2CC/C(=C\OS(N)(=O)=O)C2)sc1Cl. The van der Waals surface area contributed by atoms with Crippen molar-refractivity contribution in [2.75, 3.05) is 5.32 Å². The van der Waals surface area contributed by atoms with E-state index in [1.807, 2.05) is 0 Å². The molecule has 0 spiro atoms. The molecule has 0 amide bonds. The van der Waals surface area contributed by atoms with E-state index in [1.54, 1.807) is 13.0 Å². The molecular weight excluding hydrogens is 440 g/mol. The summed E-state index contributed by atoms with van der Waals surface area (Å²) >= 11 is 7.20. The van der Waals surface area contributed by atoms with Gasteiger partial charge in [0.05, 0.1) is 20.9 Å². The molecule has 2 heterocycles. The fraction of sp³-hybridized carbons (Fsp3) is 0.353. The minimum Gasteiger partial charge on any atom is -0.389 e. The van der Waals surface area contributed by atoms with E-state index in [9.17, 15) is 18.3 Å². The first-order chi connectivity index (χ1) is 13.6. The summed E-state index contributed by atoms with van der Waals surface area (Å²) in [5.41, 5.74) is 1.55. The first kappa shape index (κ1) is 21.7. The molecule has 1 fully saturated rings. The summed E-state index contributed by atoms with van der Waals surface area (Å²) in [7, 11) is -4.03. The zero-order valence-corrected chi connectivity index (χ0v) is 17.7. The van der Waals surface area contributed by atoms with Gasteiger partial charge in [-0.1, -0.05) is 11.6 Å². The molecule has 0 aromatic carbocycles. The van der Waals surface area contributed by atoms with E-state index in [4.69, 9.17) is 16.7 Å². The zero-order valence-electron chi connectivity index (χ0n) is 15.3. The summed E-state index contributed by atoms with van der Waals surface area (Å²) in [6.07, 6.45) is 4.96. The molecule has 2 atom stereocenters. The van der Waals surface area contributed by atoms with Crippen LogP contribution in [-0.2, 0) is 14.5 Å². The van der Waals surface area contributed by atoms with Crippen LogP contribution >= 0.6 is 22.9 Å². The third-order valence-corrected chi connectivity index (χ3v) is 6.11. The summed E-state index contributed by atoms with van der Waals surface area (Å²) in [6.45, 7) is 1.58. The van der Waals surface area contributed by atoms with Crippen molar-refractivity contribution in [3.05, 3.63) is 50.8 Å². The molecule has 12 heteroatoms. The fourth-order valence-electron chi connectivity index (χ4n) is 2.96. The number of carbonyl (C=O) groups excluding carboxylic acids is 1. The quantitative estimate of drug-likeness (QED) is 0.424. The number of hydrogen-bond donors (Lipinski definition) is 3. The number of aliphatic hydroxyl groups excluding tert-OH is 1. The Morgan fingerprint density at radius 3 is 2.97 bits per heavy atom. The standard InChI is InChI=1S/C17H19ClN4O5S2/c1-9(23)12-5-14(28-16(12)18)15(24)13-6-20-8-21-17(13)22-11-3-2-10(4-11)7-27-29(19,25)26/h5-9,11,23H,2-4H2,1H3,(H2,19,25,26)(H,20,21,22)/b10-7+.